The standard InChI is InChI=1S/C20H27N3O/c1-3-13-12-23-9-7-14(13)10-19(23)20(21)16-6-8-22-18-5-4-15(24-2)11-17(16)18/h4-6,8,11,13-14,19-20H,3,7,9-10,12,21H2,1-2H3/t13-,14-,19-,20?/m0/s1. The fraction of sp³-hybridized carbons (Fsp3) is 0.550. The quantitative estimate of drug-likeness (QED) is 0.936. The van der Waals surface area contributed by atoms with E-state index in [9.17, 15) is 0 Å². The maximum atomic E-state index is 6.79. The Hall–Kier alpha value is -1.65. The van der Waals surface area contributed by atoms with Crippen LogP contribution in [0.25, 0.3) is 10.9 Å². The number of nitrogens with two attached hydrogens (primary N) is 1. The predicted octanol–water partition coefficient (Wildman–Crippen LogP) is 3.36. The number of fused-ring (bicyclic) bond motifs is 4. The Bertz CT molecular complexity index is 732. The van der Waals surface area contributed by atoms with Gasteiger partial charge in [0.25, 0.3) is 0 Å². The van der Waals surface area contributed by atoms with E-state index in [0.29, 0.717) is 6.04 Å². The summed E-state index contributed by atoms with van der Waals surface area (Å²) >= 11 is 0. The second kappa shape index (κ2) is 6.34. The first-order valence-corrected chi connectivity index (χ1v) is 9.13. The molecule has 2 unspecified atom stereocenters. The van der Waals surface area contributed by atoms with E-state index in [0.717, 1.165) is 28.5 Å². The van der Waals surface area contributed by atoms with Crippen LogP contribution < -0.4 is 10.5 Å². The van der Waals surface area contributed by atoms with Crippen LogP contribution >= 0.6 is 0 Å². The van der Waals surface area contributed by atoms with Gasteiger partial charge in [0.15, 0.2) is 0 Å². The van der Waals surface area contributed by atoms with Crippen LogP contribution in [-0.4, -0.2) is 36.1 Å². The van der Waals surface area contributed by atoms with Crippen molar-refractivity contribution in [1.29, 1.82) is 0 Å². The molecule has 2 bridgehead atoms. The zero-order chi connectivity index (χ0) is 16.7. The van der Waals surface area contributed by atoms with Crippen molar-refractivity contribution >= 4 is 10.9 Å². The van der Waals surface area contributed by atoms with Crippen molar-refractivity contribution in [2.75, 3.05) is 20.2 Å². The summed E-state index contributed by atoms with van der Waals surface area (Å²) in [6, 6.07) is 8.62. The van der Waals surface area contributed by atoms with Crippen LogP contribution in [0.15, 0.2) is 30.5 Å². The van der Waals surface area contributed by atoms with E-state index in [1.165, 1.54) is 37.9 Å². The van der Waals surface area contributed by atoms with Gasteiger partial charge in [0.05, 0.1) is 12.6 Å². The van der Waals surface area contributed by atoms with Gasteiger partial charge in [-0.25, -0.2) is 0 Å². The largest absolute Gasteiger partial charge is 0.497 e. The van der Waals surface area contributed by atoms with Crippen LogP contribution in [0.2, 0.25) is 0 Å². The van der Waals surface area contributed by atoms with E-state index >= 15 is 0 Å². The zero-order valence-electron chi connectivity index (χ0n) is 14.6. The molecule has 4 heteroatoms. The molecule has 24 heavy (non-hydrogen) atoms. The number of rotatable bonds is 4. The summed E-state index contributed by atoms with van der Waals surface area (Å²) in [5, 5.41) is 1.12. The molecular weight excluding hydrogens is 298 g/mol. The molecule has 2 aromatic rings. The highest BCUT2D eigenvalue weighted by Gasteiger charge is 2.41. The fourth-order valence-electron chi connectivity index (χ4n) is 4.79. The molecule has 0 spiro atoms. The first kappa shape index (κ1) is 15.9. The van der Waals surface area contributed by atoms with Crippen LogP contribution in [0.5, 0.6) is 5.75 Å². The third kappa shape index (κ3) is 2.58. The van der Waals surface area contributed by atoms with Gasteiger partial charge in [-0.2, -0.15) is 0 Å². The van der Waals surface area contributed by atoms with Gasteiger partial charge in [-0.1, -0.05) is 13.3 Å². The SMILES string of the molecule is CC[C@H]1CN2CC[C@H]1C[C@H]2C(N)c1ccnc2ccc(OC)cc12. The fourth-order valence-corrected chi connectivity index (χ4v) is 4.79. The molecule has 1 aromatic heterocycles. The van der Waals surface area contributed by atoms with Crippen molar-refractivity contribution in [2.45, 2.75) is 38.3 Å². The molecule has 0 aliphatic carbocycles. The molecule has 3 fully saturated rings. The molecule has 1 aromatic carbocycles. The molecule has 3 aliphatic rings. The first-order valence-electron chi connectivity index (χ1n) is 9.13. The summed E-state index contributed by atoms with van der Waals surface area (Å²) in [5.41, 5.74) is 8.98. The van der Waals surface area contributed by atoms with Gasteiger partial charge in [0.1, 0.15) is 5.75 Å². The van der Waals surface area contributed by atoms with E-state index in [1.807, 2.05) is 18.3 Å². The number of benzene rings is 1. The molecule has 0 amide bonds. The van der Waals surface area contributed by atoms with Gasteiger partial charge in [-0.15, -0.1) is 0 Å². The molecule has 5 rings (SSSR count). The van der Waals surface area contributed by atoms with Crippen molar-refractivity contribution in [3.63, 3.8) is 0 Å². The Morgan fingerprint density at radius 2 is 2.25 bits per heavy atom. The minimum absolute atomic E-state index is 0.0308. The first-order chi connectivity index (χ1) is 11.7. The lowest BCUT2D eigenvalue weighted by Gasteiger charge is -2.51. The Kier molecular flexibility index (Phi) is 4.19. The van der Waals surface area contributed by atoms with Crippen molar-refractivity contribution < 1.29 is 4.74 Å². The van der Waals surface area contributed by atoms with Crippen LogP contribution in [0.1, 0.15) is 37.8 Å². The van der Waals surface area contributed by atoms with E-state index in [1.54, 1.807) is 7.11 Å². The van der Waals surface area contributed by atoms with E-state index in [2.05, 4.69) is 28.9 Å². The lowest BCUT2D eigenvalue weighted by atomic mass is 9.72. The molecule has 3 saturated heterocycles. The van der Waals surface area contributed by atoms with Gasteiger partial charge in [0.2, 0.25) is 0 Å². The zero-order valence-corrected chi connectivity index (χ0v) is 14.6. The summed E-state index contributed by atoms with van der Waals surface area (Å²) in [4.78, 5) is 7.12. The second-order valence-electron chi connectivity index (χ2n) is 7.32. The van der Waals surface area contributed by atoms with Crippen LogP contribution in [0.3, 0.4) is 0 Å². The Balaban J connectivity index is 1.68. The summed E-state index contributed by atoms with van der Waals surface area (Å²) in [6.45, 7) is 4.74. The van der Waals surface area contributed by atoms with Crippen molar-refractivity contribution in [3.05, 3.63) is 36.0 Å². The summed E-state index contributed by atoms with van der Waals surface area (Å²) in [6.07, 6.45) is 5.74. The monoisotopic (exact) mass is 325 g/mol. The number of ether oxygens (including phenoxy) is 1. The highest BCUT2D eigenvalue weighted by Crippen LogP contribution is 2.42. The molecule has 4 heterocycles. The van der Waals surface area contributed by atoms with Crippen molar-refractivity contribution in [3.8, 4) is 5.75 Å². The highest BCUT2D eigenvalue weighted by molar-refractivity contribution is 5.84. The minimum Gasteiger partial charge on any atom is -0.497 e. The van der Waals surface area contributed by atoms with Crippen molar-refractivity contribution in [1.82, 2.24) is 9.88 Å². The van der Waals surface area contributed by atoms with E-state index in [-0.39, 0.29) is 6.04 Å². The van der Waals surface area contributed by atoms with Gasteiger partial charge in [-0.3, -0.25) is 9.88 Å². The average molecular weight is 325 g/mol. The van der Waals surface area contributed by atoms with Gasteiger partial charge >= 0.3 is 0 Å². The lowest BCUT2D eigenvalue weighted by Crippen LogP contribution is -2.56. The molecule has 128 valence electrons. The number of pyridine rings is 1. The Morgan fingerprint density at radius 3 is 2.96 bits per heavy atom. The molecule has 0 radical (unpaired) electrons. The van der Waals surface area contributed by atoms with E-state index in [4.69, 9.17) is 10.5 Å². The van der Waals surface area contributed by atoms with Crippen LogP contribution in [0, 0.1) is 11.8 Å². The predicted molar refractivity (Wildman–Crippen MR) is 97.1 cm³/mol. The molecule has 5 atom stereocenters. The molecule has 0 saturated carbocycles. The van der Waals surface area contributed by atoms with Gasteiger partial charge in [0, 0.05) is 30.2 Å². The number of methoxy groups -OCH3 is 1. The normalized spacial score (nSPS) is 30.5. The number of nitrogens with zero attached hydrogens (tertiary/aromatic N) is 2. The van der Waals surface area contributed by atoms with E-state index < -0.39 is 0 Å². The maximum Gasteiger partial charge on any atom is 0.119 e. The summed E-state index contributed by atoms with van der Waals surface area (Å²) in [5.74, 6) is 2.57. The Labute approximate surface area is 144 Å². The van der Waals surface area contributed by atoms with Crippen LogP contribution in [0.4, 0.5) is 0 Å². The number of hydrogen-bond acceptors (Lipinski definition) is 4. The topological polar surface area (TPSA) is 51.4 Å². The number of piperidine rings is 3. The van der Waals surface area contributed by atoms with Crippen LogP contribution in [-0.2, 0) is 0 Å². The lowest BCUT2D eigenvalue weighted by molar-refractivity contribution is -0.0105. The van der Waals surface area contributed by atoms with Gasteiger partial charge in [-0.05, 0) is 61.1 Å². The summed E-state index contributed by atoms with van der Waals surface area (Å²) < 4.78 is 5.40. The molecule has 4 nitrogen and oxygen atoms in total. The molecule has 3 aliphatic heterocycles. The third-order valence-corrected chi connectivity index (χ3v) is 6.22. The summed E-state index contributed by atoms with van der Waals surface area (Å²) in [7, 11) is 1.70. The van der Waals surface area contributed by atoms with Gasteiger partial charge < -0.3 is 10.5 Å². The highest BCUT2D eigenvalue weighted by atomic mass is 16.5. The molecular formula is C20H27N3O. The maximum absolute atomic E-state index is 6.79. The number of hydrogen-bond donors (Lipinski definition) is 1. The molecule has 2 N–H and O–H groups in total. The smallest absolute Gasteiger partial charge is 0.119 e. The third-order valence-electron chi connectivity index (χ3n) is 6.22. The number of aromatic nitrogens is 1. The minimum atomic E-state index is 0.0308. The second-order valence-corrected chi connectivity index (χ2v) is 7.32. The average Bonchev–Trinajstić information content (AvgIpc) is 2.66. The Morgan fingerprint density at radius 1 is 1.38 bits per heavy atom. The van der Waals surface area contributed by atoms with Crippen molar-refractivity contribution in [2.24, 2.45) is 17.6 Å².